The number of thiophene rings is 1. The van der Waals surface area contributed by atoms with E-state index in [0.29, 0.717) is 4.88 Å². The van der Waals surface area contributed by atoms with Crippen molar-refractivity contribution < 1.29 is 9.53 Å². The minimum atomic E-state index is 0.682. The van der Waals surface area contributed by atoms with Crippen molar-refractivity contribution in [3.05, 3.63) is 45.8 Å². The van der Waals surface area contributed by atoms with Crippen molar-refractivity contribution in [1.82, 2.24) is 0 Å². The molecule has 0 fully saturated rings. The molecule has 0 amide bonds. The lowest BCUT2D eigenvalue weighted by molar-refractivity contribution is 0.112. The lowest BCUT2D eigenvalue weighted by atomic mass is 10.1. The van der Waals surface area contributed by atoms with Gasteiger partial charge in [0.25, 0.3) is 0 Å². The molecule has 1 aromatic carbocycles. The third-order valence-electron chi connectivity index (χ3n) is 2.69. The Morgan fingerprint density at radius 2 is 1.94 bits per heavy atom. The number of rotatable bonds is 3. The van der Waals surface area contributed by atoms with E-state index in [1.54, 1.807) is 6.07 Å². The van der Waals surface area contributed by atoms with Crippen molar-refractivity contribution in [3.8, 4) is 10.8 Å². The number of hydrogen-bond donors (Lipinski definition) is 0. The van der Waals surface area contributed by atoms with Crippen LogP contribution in [0.15, 0.2) is 24.3 Å². The summed E-state index contributed by atoms with van der Waals surface area (Å²) in [5.41, 5.74) is 3.53. The van der Waals surface area contributed by atoms with Crippen LogP contribution in [0.3, 0.4) is 0 Å². The van der Waals surface area contributed by atoms with E-state index in [2.05, 4.69) is 13.0 Å². The Hall–Kier alpha value is -1.61. The quantitative estimate of drug-likeness (QED) is 0.756. The Kier molecular flexibility index (Phi) is 3.29. The van der Waals surface area contributed by atoms with Crippen molar-refractivity contribution >= 4 is 17.6 Å². The molecule has 1 aromatic heterocycles. The lowest BCUT2D eigenvalue weighted by Gasteiger charge is -2.10. The maximum Gasteiger partial charge on any atom is 0.181 e. The van der Waals surface area contributed by atoms with Gasteiger partial charge in [0.2, 0.25) is 0 Å². The Balaban J connectivity index is 2.32. The second-order valence-corrected chi connectivity index (χ2v) is 5.16. The molecule has 0 N–H and O–H groups in total. The molecule has 0 aliphatic rings. The molecule has 1 heterocycles. The smallest absolute Gasteiger partial charge is 0.181 e. The fourth-order valence-electron chi connectivity index (χ4n) is 1.67. The summed E-state index contributed by atoms with van der Waals surface area (Å²) >= 11 is 1.36. The maximum atomic E-state index is 10.6. The van der Waals surface area contributed by atoms with Crippen molar-refractivity contribution in [2.45, 2.75) is 20.8 Å². The second-order valence-electron chi connectivity index (χ2n) is 4.08. The summed E-state index contributed by atoms with van der Waals surface area (Å²) in [6.45, 7) is 6.16. The third kappa shape index (κ3) is 2.56. The summed E-state index contributed by atoms with van der Waals surface area (Å²) in [5, 5.41) is 0.750. The molecule has 2 rings (SSSR count). The fraction of sp³-hybridized carbons (Fsp3) is 0.214. The Labute approximate surface area is 105 Å². The fourth-order valence-corrected chi connectivity index (χ4v) is 2.35. The number of carbonyl (C=O) groups is 1. The summed E-state index contributed by atoms with van der Waals surface area (Å²) in [6.07, 6.45) is 0.839. The van der Waals surface area contributed by atoms with Gasteiger partial charge in [0, 0.05) is 0 Å². The minimum Gasteiger partial charge on any atom is -0.446 e. The molecule has 0 bridgehead atoms. The van der Waals surface area contributed by atoms with E-state index >= 15 is 0 Å². The highest BCUT2D eigenvalue weighted by molar-refractivity contribution is 7.15. The molecule has 0 radical (unpaired) electrons. The van der Waals surface area contributed by atoms with Gasteiger partial charge in [-0.05, 0) is 55.7 Å². The summed E-state index contributed by atoms with van der Waals surface area (Å²) in [7, 11) is 0. The first-order chi connectivity index (χ1) is 8.10. The van der Waals surface area contributed by atoms with Crippen LogP contribution in [0.2, 0.25) is 0 Å². The first-order valence-electron chi connectivity index (χ1n) is 5.41. The van der Waals surface area contributed by atoms with Crippen LogP contribution in [-0.4, -0.2) is 6.29 Å². The minimum absolute atomic E-state index is 0.682. The maximum absolute atomic E-state index is 10.6. The molecule has 0 aliphatic heterocycles. The van der Waals surface area contributed by atoms with Crippen LogP contribution in [0.4, 0.5) is 0 Å². The van der Waals surface area contributed by atoms with Crippen LogP contribution >= 0.6 is 11.3 Å². The van der Waals surface area contributed by atoms with E-state index in [4.69, 9.17) is 4.74 Å². The number of carbonyl (C=O) groups excluding carboxylic acids is 1. The highest BCUT2D eigenvalue weighted by Gasteiger charge is 2.07. The molecule has 0 saturated heterocycles. The number of aldehydes is 1. The van der Waals surface area contributed by atoms with E-state index in [0.717, 1.165) is 22.7 Å². The van der Waals surface area contributed by atoms with E-state index < -0.39 is 0 Å². The first-order valence-corrected chi connectivity index (χ1v) is 6.22. The zero-order valence-corrected chi connectivity index (χ0v) is 10.9. The van der Waals surface area contributed by atoms with Crippen LogP contribution in [-0.2, 0) is 0 Å². The average molecular weight is 246 g/mol. The Bertz CT molecular complexity index is 555. The zero-order valence-electron chi connectivity index (χ0n) is 10.1. The van der Waals surface area contributed by atoms with E-state index in [-0.39, 0.29) is 0 Å². The summed E-state index contributed by atoms with van der Waals surface area (Å²) in [4.78, 5) is 11.3. The normalized spacial score (nSPS) is 10.3. The highest BCUT2D eigenvalue weighted by Crippen LogP contribution is 2.32. The van der Waals surface area contributed by atoms with Gasteiger partial charge in [-0.3, -0.25) is 4.79 Å². The van der Waals surface area contributed by atoms with Crippen LogP contribution < -0.4 is 4.74 Å². The summed E-state index contributed by atoms with van der Waals surface area (Å²) < 4.78 is 5.81. The van der Waals surface area contributed by atoms with E-state index in [1.807, 2.05) is 26.0 Å². The Morgan fingerprint density at radius 3 is 2.59 bits per heavy atom. The molecule has 2 aromatic rings. The zero-order chi connectivity index (χ0) is 12.4. The monoisotopic (exact) mass is 246 g/mol. The van der Waals surface area contributed by atoms with Gasteiger partial charge >= 0.3 is 0 Å². The average Bonchev–Trinajstić information content (AvgIpc) is 2.73. The van der Waals surface area contributed by atoms with Crippen LogP contribution in [0, 0.1) is 20.8 Å². The van der Waals surface area contributed by atoms with Gasteiger partial charge in [0.1, 0.15) is 5.75 Å². The van der Waals surface area contributed by atoms with Gasteiger partial charge in [0.15, 0.2) is 11.3 Å². The molecular weight excluding hydrogens is 232 g/mol. The number of benzene rings is 1. The molecule has 0 atom stereocenters. The first kappa shape index (κ1) is 11.9. The topological polar surface area (TPSA) is 26.3 Å². The molecule has 2 nitrogen and oxygen atoms in total. The predicted molar refractivity (Wildman–Crippen MR) is 70.4 cm³/mol. The molecule has 0 aliphatic carbocycles. The van der Waals surface area contributed by atoms with E-state index in [9.17, 15) is 4.79 Å². The number of aryl methyl sites for hydroxylation is 2. The molecule has 0 spiro atoms. The Morgan fingerprint density at radius 1 is 1.18 bits per heavy atom. The standard InChI is InChI=1S/C14H14O2S/c1-9-6-10(2)11(3)13(7-9)16-14-5-4-12(8-15)17-14/h4-8H,1-3H3. The van der Waals surface area contributed by atoms with Gasteiger partial charge in [-0.25, -0.2) is 0 Å². The van der Waals surface area contributed by atoms with Crippen molar-refractivity contribution in [2.75, 3.05) is 0 Å². The number of ether oxygens (including phenoxy) is 1. The van der Waals surface area contributed by atoms with Gasteiger partial charge in [-0.2, -0.15) is 0 Å². The largest absolute Gasteiger partial charge is 0.446 e. The van der Waals surface area contributed by atoms with Crippen LogP contribution in [0.1, 0.15) is 26.4 Å². The molecular formula is C14H14O2S. The van der Waals surface area contributed by atoms with Gasteiger partial charge in [-0.15, -0.1) is 0 Å². The SMILES string of the molecule is Cc1cc(C)c(C)c(Oc2ccc(C=O)s2)c1. The molecule has 0 unspecified atom stereocenters. The summed E-state index contributed by atoms with van der Waals surface area (Å²) in [6, 6.07) is 7.74. The molecule has 88 valence electrons. The molecule has 17 heavy (non-hydrogen) atoms. The van der Waals surface area contributed by atoms with Crippen LogP contribution in [0.5, 0.6) is 10.8 Å². The predicted octanol–water partition coefficient (Wildman–Crippen LogP) is 4.28. The third-order valence-corrected chi connectivity index (χ3v) is 3.58. The van der Waals surface area contributed by atoms with Crippen molar-refractivity contribution in [3.63, 3.8) is 0 Å². The van der Waals surface area contributed by atoms with E-state index in [1.165, 1.54) is 22.5 Å². The number of hydrogen-bond acceptors (Lipinski definition) is 3. The van der Waals surface area contributed by atoms with Crippen LogP contribution in [0.25, 0.3) is 0 Å². The lowest BCUT2D eigenvalue weighted by Crippen LogP contribution is -1.90. The van der Waals surface area contributed by atoms with Gasteiger partial charge in [0.05, 0.1) is 4.88 Å². The second kappa shape index (κ2) is 4.72. The molecule has 0 saturated carbocycles. The van der Waals surface area contributed by atoms with Crippen molar-refractivity contribution in [1.29, 1.82) is 0 Å². The van der Waals surface area contributed by atoms with Gasteiger partial charge in [-0.1, -0.05) is 17.4 Å². The van der Waals surface area contributed by atoms with Crippen molar-refractivity contribution in [2.24, 2.45) is 0 Å². The summed E-state index contributed by atoms with van der Waals surface area (Å²) in [5.74, 6) is 0.863. The molecule has 3 heteroatoms. The highest BCUT2D eigenvalue weighted by atomic mass is 32.1. The van der Waals surface area contributed by atoms with Gasteiger partial charge < -0.3 is 4.74 Å².